The van der Waals surface area contributed by atoms with E-state index in [1.165, 1.54) is 0 Å². The Balaban J connectivity index is 2.24. The number of hydrogen-bond donors (Lipinski definition) is 0. The molecule has 0 atom stereocenters. The van der Waals surface area contributed by atoms with Crippen LogP contribution in [-0.2, 0) is 15.9 Å². The lowest BCUT2D eigenvalue weighted by atomic mass is 10.0. The predicted molar refractivity (Wildman–Crippen MR) is 67.0 cm³/mol. The molecule has 4 nitrogen and oxygen atoms in total. The summed E-state index contributed by atoms with van der Waals surface area (Å²) in [6.45, 7) is 5.18. The Morgan fingerprint density at radius 1 is 1.33 bits per heavy atom. The van der Waals surface area contributed by atoms with Crippen molar-refractivity contribution in [3.63, 3.8) is 0 Å². The summed E-state index contributed by atoms with van der Waals surface area (Å²) < 4.78 is 16.2. The van der Waals surface area contributed by atoms with Crippen LogP contribution in [0.25, 0.3) is 0 Å². The minimum atomic E-state index is -0.837. The molecule has 0 bridgehead atoms. The normalized spacial score (nSPS) is 13.5. The first-order valence-electron chi connectivity index (χ1n) is 6.30. The minimum Gasteiger partial charge on any atom is -0.492 e. The molecule has 0 fully saturated rings. The number of para-hydroxylation sites is 1. The molecule has 1 aliphatic rings. The van der Waals surface area contributed by atoms with E-state index in [9.17, 15) is 4.79 Å². The van der Waals surface area contributed by atoms with Crippen LogP contribution in [0.1, 0.15) is 29.8 Å². The van der Waals surface area contributed by atoms with Crippen molar-refractivity contribution in [3.8, 4) is 5.75 Å². The molecule has 0 amide bonds. The second kappa shape index (κ2) is 5.98. The fourth-order valence-corrected chi connectivity index (χ4v) is 2.04. The van der Waals surface area contributed by atoms with Crippen LogP contribution in [-0.4, -0.2) is 31.9 Å². The van der Waals surface area contributed by atoms with Crippen LogP contribution in [0.2, 0.25) is 0 Å². The number of hydrogen-bond acceptors (Lipinski definition) is 4. The van der Waals surface area contributed by atoms with E-state index in [1.807, 2.05) is 26.0 Å². The number of benzene rings is 1. The molecule has 98 valence electrons. The number of rotatable bonds is 6. The van der Waals surface area contributed by atoms with Crippen LogP contribution < -0.4 is 4.74 Å². The maximum absolute atomic E-state index is 12.4. The van der Waals surface area contributed by atoms with Crippen molar-refractivity contribution in [3.05, 3.63) is 29.3 Å². The molecule has 0 radical (unpaired) electrons. The highest BCUT2D eigenvalue weighted by atomic mass is 16.7. The van der Waals surface area contributed by atoms with Crippen LogP contribution in [0.5, 0.6) is 5.75 Å². The SMILES string of the molecule is CCOC(OCC)C(=O)c1cccc2c1OCC2. The van der Waals surface area contributed by atoms with E-state index in [1.54, 1.807) is 6.07 Å². The van der Waals surface area contributed by atoms with Crippen molar-refractivity contribution in [2.75, 3.05) is 19.8 Å². The third kappa shape index (κ3) is 2.54. The molecule has 4 heteroatoms. The second-order valence-electron chi connectivity index (χ2n) is 4.00. The van der Waals surface area contributed by atoms with E-state index >= 15 is 0 Å². The molecule has 0 unspecified atom stereocenters. The zero-order valence-corrected chi connectivity index (χ0v) is 10.8. The molecular formula is C14H18O4. The summed E-state index contributed by atoms with van der Waals surface area (Å²) in [5, 5.41) is 0. The van der Waals surface area contributed by atoms with Gasteiger partial charge in [0, 0.05) is 19.6 Å². The van der Waals surface area contributed by atoms with Gasteiger partial charge in [-0.05, 0) is 25.5 Å². The Labute approximate surface area is 107 Å². The van der Waals surface area contributed by atoms with Gasteiger partial charge in [0.1, 0.15) is 5.75 Å². The second-order valence-corrected chi connectivity index (χ2v) is 4.00. The van der Waals surface area contributed by atoms with Crippen molar-refractivity contribution in [2.24, 2.45) is 0 Å². The van der Waals surface area contributed by atoms with E-state index in [4.69, 9.17) is 14.2 Å². The highest BCUT2D eigenvalue weighted by Gasteiger charge is 2.27. The number of ketones is 1. The van der Waals surface area contributed by atoms with Crippen molar-refractivity contribution < 1.29 is 19.0 Å². The van der Waals surface area contributed by atoms with Gasteiger partial charge in [-0.2, -0.15) is 0 Å². The van der Waals surface area contributed by atoms with E-state index in [2.05, 4.69) is 0 Å². The van der Waals surface area contributed by atoms with Gasteiger partial charge in [0.2, 0.25) is 12.1 Å². The summed E-state index contributed by atoms with van der Waals surface area (Å²) in [7, 11) is 0. The maximum Gasteiger partial charge on any atom is 0.222 e. The molecule has 1 heterocycles. The summed E-state index contributed by atoms with van der Waals surface area (Å²) in [6, 6.07) is 5.61. The van der Waals surface area contributed by atoms with Crippen LogP contribution in [0.15, 0.2) is 18.2 Å². The summed E-state index contributed by atoms with van der Waals surface area (Å²) in [4.78, 5) is 12.4. The molecule has 1 aromatic rings. The molecule has 2 rings (SSSR count). The summed E-state index contributed by atoms with van der Waals surface area (Å²) in [6.07, 6.45) is 0.0143. The number of fused-ring (bicyclic) bond motifs is 1. The highest BCUT2D eigenvalue weighted by Crippen LogP contribution is 2.30. The third-order valence-electron chi connectivity index (χ3n) is 2.83. The standard InChI is InChI=1S/C14H18O4/c1-3-16-14(17-4-2)12(15)11-7-5-6-10-8-9-18-13(10)11/h5-7,14H,3-4,8-9H2,1-2H3. The molecule has 0 spiro atoms. The lowest BCUT2D eigenvalue weighted by Crippen LogP contribution is -2.28. The number of carbonyl (C=O) groups excluding carboxylic acids is 1. The Morgan fingerprint density at radius 2 is 2.06 bits per heavy atom. The van der Waals surface area contributed by atoms with Gasteiger partial charge in [0.25, 0.3) is 0 Å². The Hall–Kier alpha value is -1.39. The van der Waals surface area contributed by atoms with Gasteiger partial charge < -0.3 is 14.2 Å². The third-order valence-corrected chi connectivity index (χ3v) is 2.83. The van der Waals surface area contributed by atoms with E-state index in [0.29, 0.717) is 31.1 Å². The highest BCUT2D eigenvalue weighted by molar-refractivity contribution is 6.01. The molecule has 0 saturated heterocycles. The first kappa shape index (κ1) is 13.1. The van der Waals surface area contributed by atoms with E-state index in [-0.39, 0.29) is 5.78 Å². The van der Waals surface area contributed by atoms with Gasteiger partial charge in [-0.1, -0.05) is 12.1 Å². The molecule has 18 heavy (non-hydrogen) atoms. The number of carbonyl (C=O) groups is 1. The molecule has 0 N–H and O–H groups in total. The number of Topliss-reactive ketones (excluding diaryl/α,β-unsaturated/α-hetero) is 1. The van der Waals surface area contributed by atoms with Gasteiger partial charge in [-0.3, -0.25) is 4.79 Å². The largest absolute Gasteiger partial charge is 0.492 e. The average molecular weight is 250 g/mol. The quantitative estimate of drug-likeness (QED) is 0.573. The van der Waals surface area contributed by atoms with Crippen molar-refractivity contribution in [1.82, 2.24) is 0 Å². The van der Waals surface area contributed by atoms with Crippen LogP contribution in [0, 0.1) is 0 Å². The molecular weight excluding hydrogens is 232 g/mol. The van der Waals surface area contributed by atoms with Crippen LogP contribution >= 0.6 is 0 Å². The first-order valence-corrected chi connectivity index (χ1v) is 6.30. The van der Waals surface area contributed by atoms with Crippen LogP contribution in [0.4, 0.5) is 0 Å². The van der Waals surface area contributed by atoms with Gasteiger partial charge in [-0.15, -0.1) is 0 Å². The summed E-state index contributed by atoms with van der Waals surface area (Å²) in [5.41, 5.74) is 1.63. The molecule has 1 aliphatic heterocycles. The van der Waals surface area contributed by atoms with E-state index in [0.717, 1.165) is 12.0 Å². The predicted octanol–water partition coefficient (Wildman–Crippen LogP) is 2.20. The van der Waals surface area contributed by atoms with Crippen molar-refractivity contribution >= 4 is 5.78 Å². The average Bonchev–Trinajstić information content (AvgIpc) is 2.85. The van der Waals surface area contributed by atoms with Gasteiger partial charge >= 0.3 is 0 Å². The molecule has 0 aromatic heterocycles. The maximum atomic E-state index is 12.4. The Morgan fingerprint density at radius 3 is 2.72 bits per heavy atom. The molecule has 0 aliphatic carbocycles. The topological polar surface area (TPSA) is 44.8 Å². The lowest BCUT2D eigenvalue weighted by molar-refractivity contribution is -0.107. The Kier molecular flexibility index (Phi) is 4.33. The minimum absolute atomic E-state index is 0.169. The monoisotopic (exact) mass is 250 g/mol. The lowest BCUT2D eigenvalue weighted by Gasteiger charge is -2.16. The fourth-order valence-electron chi connectivity index (χ4n) is 2.04. The summed E-state index contributed by atoms with van der Waals surface area (Å²) in [5.74, 6) is 0.518. The summed E-state index contributed by atoms with van der Waals surface area (Å²) >= 11 is 0. The van der Waals surface area contributed by atoms with Gasteiger partial charge in [-0.25, -0.2) is 0 Å². The zero-order valence-electron chi connectivity index (χ0n) is 10.8. The van der Waals surface area contributed by atoms with Crippen molar-refractivity contribution in [1.29, 1.82) is 0 Å². The smallest absolute Gasteiger partial charge is 0.222 e. The molecule has 0 saturated carbocycles. The van der Waals surface area contributed by atoms with E-state index < -0.39 is 6.29 Å². The molecule has 1 aromatic carbocycles. The first-order chi connectivity index (χ1) is 8.77. The van der Waals surface area contributed by atoms with Crippen molar-refractivity contribution in [2.45, 2.75) is 26.6 Å². The zero-order chi connectivity index (χ0) is 13.0. The van der Waals surface area contributed by atoms with Gasteiger partial charge in [0.15, 0.2) is 0 Å². The van der Waals surface area contributed by atoms with Gasteiger partial charge in [0.05, 0.1) is 12.2 Å². The Bertz CT molecular complexity index is 422. The number of ether oxygens (including phenoxy) is 3. The fraction of sp³-hybridized carbons (Fsp3) is 0.500. The van der Waals surface area contributed by atoms with Crippen LogP contribution in [0.3, 0.4) is 0 Å².